The van der Waals surface area contributed by atoms with Gasteiger partial charge in [-0.15, -0.1) is 0 Å². The van der Waals surface area contributed by atoms with Crippen molar-refractivity contribution in [2.24, 2.45) is 0 Å². The van der Waals surface area contributed by atoms with Crippen LogP contribution in [0.4, 0.5) is 5.69 Å². The van der Waals surface area contributed by atoms with Crippen LogP contribution in [-0.2, 0) is 19.1 Å². The number of rotatable bonds is 2. The summed E-state index contributed by atoms with van der Waals surface area (Å²) < 4.78 is 10.5. The molecule has 0 radical (unpaired) electrons. The van der Waals surface area contributed by atoms with E-state index in [0.717, 1.165) is 0 Å². The molecule has 1 aliphatic heterocycles. The number of carbonyl (C=O) groups is 2. The van der Waals surface area contributed by atoms with E-state index in [1.807, 2.05) is 22.6 Å². The van der Waals surface area contributed by atoms with Gasteiger partial charge in [-0.25, -0.2) is 9.59 Å². The van der Waals surface area contributed by atoms with Gasteiger partial charge < -0.3 is 9.47 Å². The van der Waals surface area contributed by atoms with Crippen LogP contribution in [0, 0.1) is 13.7 Å². The molecular formula is C13H10INO6. The number of halogens is 1. The Bertz CT molecular complexity index is 657. The topological polar surface area (TPSA) is 95.7 Å². The van der Waals surface area contributed by atoms with Gasteiger partial charge in [0.05, 0.1) is 4.92 Å². The summed E-state index contributed by atoms with van der Waals surface area (Å²) in [5, 5.41) is 10.7. The largest absolute Gasteiger partial charge is 0.419 e. The molecule has 1 saturated heterocycles. The van der Waals surface area contributed by atoms with E-state index in [1.54, 1.807) is 0 Å². The Morgan fingerprint density at radius 1 is 1.24 bits per heavy atom. The lowest BCUT2D eigenvalue weighted by Crippen LogP contribution is -2.41. The zero-order valence-electron chi connectivity index (χ0n) is 11.1. The van der Waals surface area contributed by atoms with Gasteiger partial charge in [-0.05, 0) is 40.3 Å². The molecule has 0 aromatic heterocycles. The first kappa shape index (κ1) is 15.4. The smallest absolute Gasteiger partial charge is 0.348 e. The predicted octanol–water partition coefficient (Wildman–Crippen LogP) is 2.42. The third-order valence-electron chi connectivity index (χ3n) is 2.61. The van der Waals surface area contributed by atoms with Gasteiger partial charge in [-0.1, -0.05) is 0 Å². The molecule has 110 valence electrons. The van der Waals surface area contributed by atoms with Crippen LogP contribution in [0.2, 0.25) is 0 Å². The van der Waals surface area contributed by atoms with Crippen molar-refractivity contribution in [3.05, 3.63) is 43.0 Å². The molecule has 1 aliphatic rings. The fraction of sp³-hybridized carbons (Fsp3) is 0.231. The Hall–Kier alpha value is -1.97. The summed E-state index contributed by atoms with van der Waals surface area (Å²) >= 11 is 1.88. The lowest BCUT2D eigenvalue weighted by atomic mass is 10.1. The minimum atomic E-state index is -1.30. The van der Waals surface area contributed by atoms with Crippen LogP contribution in [0.15, 0.2) is 23.8 Å². The van der Waals surface area contributed by atoms with Crippen LogP contribution < -0.4 is 0 Å². The molecule has 8 heteroatoms. The molecular weight excluding hydrogens is 393 g/mol. The maximum Gasteiger partial charge on any atom is 0.348 e. The number of cyclic esters (lactones) is 2. The van der Waals surface area contributed by atoms with Gasteiger partial charge in [0.1, 0.15) is 5.57 Å². The molecule has 1 aromatic rings. The summed E-state index contributed by atoms with van der Waals surface area (Å²) in [7, 11) is 0. The van der Waals surface area contributed by atoms with Crippen LogP contribution in [0.3, 0.4) is 0 Å². The summed E-state index contributed by atoms with van der Waals surface area (Å²) in [5.74, 6) is -2.87. The summed E-state index contributed by atoms with van der Waals surface area (Å²) in [5.41, 5.74) is 0.169. The first-order chi connectivity index (χ1) is 9.69. The van der Waals surface area contributed by atoms with E-state index in [1.165, 1.54) is 38.1 Å². The standard InChI is InChI=1S/C13H10INO6/c1-13(2)20-11(16)9(12(17)21-13)5-7-3-4-8(15(18)19)6-10(7)14/h3-6H,1-2H3. The molecule has 2 rings (SSSR count). The van der Waals surface area contributed by atoms with Crippen molar-refractivity contribution in [1.29, 1.82) is 0 Å². The highest BCUT2D eigenvalue weighted by molar-refractivity contribution is 14.1. The van der Waals surface area contributed by atoms with Gasteiger partial charge in [0, 0.05) is 29.6 Å². The van der Waals surface area contributed by atoms with Gasteiger partial charge in [0.15, 0.2) is 0 Å². The highest BCUT2D eigenvalue weighted by Crippen LogP contribution is 2.26. The average Bonchev–Trinajstić information content (AvgIpc) is 2.33. The monoisotopic (exact) mass is 403 g/mol. The van der Waals surface area contributed by atoms with Crippen LogP contribution >= 0.6 is 22.6 Å². The molecule has 0 unspecified atom stereocenters. The molecule has 21 heavy (non-hydrogen) atoms. The van der Waals surface area contributed by atoms with Crippen molar-refractivity contribution < 1.29 is 24.0 Å². The van der Waals surface area contributed by atoms with E-state index in [-0.39, 0.29) is 11.3 Å². The molecule has 0 spiro atoms. The summed E-state index contributed by atoms with van der Waals surface area (Å²) in [4.78, 5) is 33.8. The number of nitro groups is 1. The van der Waals surface area contributed by atoms with Crippen LogP contribution in [0.25, 0.3) is 6.08 Å². The minimum absolute atomic E-state index is 0.0727. The van der Waals surface area contributed by atoms with Crippen molar-refractivity contribution >= 4 is 46.3 Å². The average molecular weight is 403 g/mol. The third-order valence-corrected chi connectivity index (χ3v) is 3.55. The van der Waals surface area contributed by atoms with Crippen molar-refractivity contribution in [3.63, 3.8) is 0 Å². The molecule has 7 nitrogen and oxygen atoms in total. The van der Waals surface area contributed by atoms with Crippen molar-refractivity contribution in [2.75, 3.05) is 0 Å². The van der Waals surface area contributed by atoms with E-state index in [9.17, 15) is 19.7 Å². The first-order valence-corrected chi connectivity index (χ1v) is 6.90. The SMILES string of the molecule is CC1(C)OC(=O)C(=Cc2ccc([N+](=O)[O-])cc2I)C(=O)O1. The summed E-state index contributed by atoms with van der Waals surface area (Å²) in [6, 6.07) is 4.08. The fourth-order valence-electron chi connectivity index (χ4n) is 1.68. The second-order valence-electron chi connectivity index (χ2n) is 4.70. The molecule has 0 bridgehead atoms. The quantitative estimate of drug-likeness (QED) is 0.188. The highest BCUT2D eigenvalue weighted by Gasteiger charge is 2.38. The number of nitro benzene ring substituents is 1. The maximum absolute atomic E-state index is 11.8. The first-order valence-electron chi connectivity index (χ1n) is 5.82. The van der Waals surface area contributed by atoms with Crippen molar-refractivity contribution in [2.45, 2.75) is 19.6 Å². The van der Waals surface area contributed by atoms with Crippen molar-refractivity contribution in [3.8, 4) is 0 Å². The number of esters is 2. The Kier molecular flexibility index (Phi) is 3.99. The number of hydrogen-bond donors (Lipinski definition) is 0. The molecule has 1 aromatic carbocycles. The second kappa shape index (κ2) is 5.43. The zero-order chi connectivity index (χ0) is 15.8. The van der Waals surface area contributed by atoms with Gasteiger partial charge >= 0.3 is 11.9 Å². The number of carbonyl (C=O) groups excluding carboxylic acids is 2. The molecule has 0 aliphatic carbocycles. The highest BCUT2D eigenvalue weighted by atomic mass is 127. The fourth-order valence-corrected chi connectivity index (χ4v) is 2.34. The molecule has 1 heterocycles. The number of hydrogen-bond acceptors (Lipinski definition) is 6. The third kappa shape index (κ3) is 3.38. The molecule has 0 atom stereocenters. The van der Waals surface area contributed by atoms with E-state index < -0.39 is 22.6 Å². The van der Waals surface area contributed by atoms with Crippen LogP contribution in [0.5, 0.6) is 0 Å². The number of nitrogens with zero attached hydrogens (tertiary/aromatic N) is 1. The lowest BCUT2D eigenvalue weighted by Gasteiger charge is -2.29. The Morgan fingerprint density at radius 2 is 1.81 bits per heavy atom. The molecule has 0 amide bonds. The molecule has 1 fully saturated rings. The molecule has 0 saturated carbocycles. The van der Waals surface area contributed by atoms with E-state index in [0.29, 0.717) is 9.13 Å². The van der Waals surface area contributed by atoms with Crippen LogP contribution in [0.1, 0.15) is 19.4 Å². The Morgan fingerprint density at radius 3 is 2.29 bits per heavy atom. The maximum atomic E-state index is 11.8. The van der Waals surface area contributed by atoms with E-state index >= 15 is 0 Å². The van der Waals surface area contributed by atoms with Crippen molar-refractivity contribution in [1.82, 2.24) is 0 Å². The zero-order valence-corrected chi connectivity index (χ0v) is 13.2. The normalized spacial score (nSPS) is 17.0. The lowest BCUT2D eigenvalue weighted by molar-refractivity contribution is -0.384. The Balaban J connectivity index is 2.38. The number of non-ortho nitro benzene ring substituents is 1. The van der Waals surface area contributed by atoms with Crippen LogP contribution in [-0.4, -0.2) is 22.6 Å². The predicted molar refractivity (Wildman–Crippen MR) is 80.1 cm³/mol. The molecule has 0 N–H and O–H groups in total. The van der Waals surface area contributed by atoms with E-state index in [4.69, 9.17) is 9.47 Å². The Labute approximate surface area is 133 Å². The van der Waals surface area contributed by atoms with Gasteiger partial charge in [0.25, 0.3) is 11.5 Å². The van der Waals surface area contributed by atoms with Gasteiger partial charge in [0.2, 0.25) is 0 Å². The minimum Gasteiger partial charge on any atom is -0.419 e. The number of ether oxygens (including phenoxy) is 2. The van der Waals surface area contributed by atoms with Gasteiger partial charge in [-0.3, -0.25) is 10.1 Å². The number of benzene rings is 1. The van der Waals surface area contributed by atoms with E-state index in [2.05, 4.69) is 0 Å². The summed E-state index contributed by atoms with van der Waals surface area (Å²) in [6.45, 7) is 2.91. The second-order valence-corrected chi connectivity index (χ2v) is 5.86. The summed E-state index contributed by atoms with van der Waals surface area (Å²) in [6.07, 6.45) is 1.30. The van der Waals surface area contributed by atoms with Gasteiger partial charge in [-0.2, -0.15) is 0 Å².